The molecular formula is C24H37N3O3. The lowest BCUT2D eigenvalue weighted by Crippen LogP contribution is -2.61. The van der Waals surface area contributed by atoms with Gasteiger partial charge in [-0.25, -0.2) is 0 Å². The van der Waals surface area contributed by atoms with Crippen molar-refractivity contribution in [1.29, 1.82) is 0 Å². The van der Waals surface area contributed by atoms with Gasteiger partial charge in [0.15, 0.2) is 0 Å². The van der Waals surface area contributed by atoms with Crippen LogP contribution in [-0.4, -0.2) is 61.1 Å². The van der Waals surface area contributed by atoms with Gasteiger partial charge in [-0.2, -0.15) is 0 Å². The zero-order valence-corrected chi connectivity index (χ0v) is 18.7. The topological polar surface area (TPSA) is 70.7 Å². The fourth-order valence-corrected chi connectivity index (χ4v) is 4.76. The van der Waals surface area contributed by atoms with Crippen molar-refractivity contribution < 1.29 is 14.3 Å². The van der Waals surface area contributed by atoms with Gasteiger partial charge in [-0.3, -0.25) is 14.5 Å². The number of rotatable bonds is 7. The van der Waals surface area contributed by atoms with Crippen LogP contribution in [0.3, 0.4) is 0 Å². The number of morpholine rings is 1. The van der Waals surface area contributed by atoms with Gasteiger partial charge in [-0.05, 0) is 37.8 Å². The molecule has 1 aromatic carbocycles. The van der Waals surface area contributed by atoms with E-state index >= 15 is 0 Å². The van der Waals surface area contributed by atoms with Crippen molar-refractivity contribution >= 4 is 11.8 Å². The molecule has 0 radical (unpaired) electrons. The molecule has 1 heterocycles. The van der Waals surface area contributed by atoms with Crippen LogP contribution in [0.4, 0.5) is 0 Å². The molecule has 1 saturated carbocycles. The lowest BCUT2D eigenvalue weighted by Gasteiger charge is -2.48. The van der Waals surface area contributed by atoms with E-state index < -0.39 is 6.04 Å². The minimum Gasteiger partial charge on any atom is -0.379 e. The summed E-state index contributed by atoms with van der Waals surface area (Å²) in [6.07, 6.45) is 5.88. The van der Waals surface area contributed by atoms with Gasteiger partial charge in [0.2, 0.25) is 5.91 Å². The first-order valence-electron chi connectivity index (χ1n) is 11.4. The van der Waals surface area contributed by atoms with Crippen LogP contribution in [0.2, 0.25) is 0 Å². The van der Waals surface area contributed by atoms with E-state index in [-0.39, 0.29) is 23.3 Å². The molecule has 0 bridgehead atoms. The fraction of sp³-hybridized carbons (Fsp3) is 0.667. The van der Waals surface area contributed by atoms with Crippen molar-refractivity contribution in [3.05, 3.63) is 35.4 Å². The van der Waals surface area contributed by atoms with Gasteiger partial charge in [0.05, 0.1) is 13.2 Å². The summed E-state index contributed by atoms with van der Waals surface area (Å²) in [5.41, 5.74) is 1.63. The Labute approximate surface area is 180 Å². The Hall–Kier alpha value is -1.92. The molecule has 0 aromatic heterocycles. The minimum atomic E-state index is -0.552. The van der Waals surface area contributed by atoms with Crippen LogP contribution < -0.4 is 10.6 Å². The van der Waals surface area contributed by atoms with Gasteiger partial charge in [-0.15, -0.1) is 0 Å². The first-order valence-corrected chi connectivity index (χ1v) is 11.4. The molecule has 1 aromatic rings. The van der Waals surface area contributed by atoms with Crippen molar-refractivity contribution in [2.24, 2.45) is 5.92 Å². The van der Waals surface area contributed by atoms with E-state index in [9.17, 15) is 9.59 Å². The number of benzene rings is 1. The molecule has 1 aliphatic carbocycles. The number of ether oxygens (including phenoxy) is 1. The largest absolute Gasteiger partial charge is 0.379 e. The summed E-state index contributed by atoms with van der Waals surface area (Å²) in [5, 5.41) is 6.16. The van der Waals surface area contributed by atoms with Crippen LogP contribution >= 0.6 is 0 Å². The lowest BCUT2D eigenvalue weighted by molar-refractivity contribution is -0.125. The second kappa shape index (κ2) is 10.4. The number of aryl methyl sites for hydroxylation is 1. The minimum absolute atomic E-state index is 0.00412. The Morgan fingerprint density at radius 1 is 1.13 bits per heavy atom. The molecule has 1 unspecified atom stereocenters. The summed E-state index contributed by atoms with van der Waals surface area (Å²) in [5.74, 6) is -0.290. The van der Waals surface area contributed by atoms with Gasteiger partial charge < -0.3 is 15.4 Å². The highest BCUT2D eigenvalue weighted by Gasteiger charge is 2.39. The van der Waals surface area contributed by atoms with Gasteiger partial charge in [0, 0.05) is 30.7 Å². The quantitative estimate of drug-likeness (QED) is 0.718. The molecule has 3 rings (SSSR count). The van der Waals surface area contributed by atoms with E-state index in [1.165, 1.54) is 19.3 Å². The average molecular weight is 416 g/mol. The molecule has 2 fully saturated rings. The van der Waals surface area contributed by atoms with E-state index in [1.807, 2.05) is 39.0 Å². The summed E-state index contributed by atoms with van der Waals surface area (Å²) in [6.45, 7) is 9.90. The van der Waals surface area contributed by atoms with Crippen LogP contribution in [0, 0.1) is 12.8 Å². The maximum atomic E-state index is 13.1. The van der Waals surface area contributed by atoms with Crippen LogP contribution in [0.25, 0.3) is 0 Å². The highest BCUT2D eigenvalue weighted by atomic mass is 16.5. The Balaban J connectivity index is 1.65. The Morgan fingerprint density at radius 2 is 1.83 bits per heavy atom. The lowest BCUT2D eigenvalue weighted by atomic mass is 9.79. The highest BCUT2D eigenvalue weighted by molar-refractivity contribution is 5.97. The SMILES string of the molecule is Cc1cccc(C(=O)NC(C(=O)NCC2(N3CCOCC3)CCCCC2)C(C)C)c1. The summed E-state index contributed by atoms with van der Waals surface area (Å²) in [4.78, 5) is 28.4. The molecule has 6 nitrogen and oxygen atoms in total. The third-order valence-corrected chi connectivity index (χ3v) is 6.57. The molecule has 6 heteroatoms. The number of carbonyl (C=O) groups is 2. The zero-order chi connectivity index (χ0) is 21.6. The maximum Gasteiger partial charge on any atom is 0.251 e. The summed E-state index contributed by atoms with van der Waals surface area (Å²) in [6, 6.07) is 6.90. The van der Waals surface area contributed by atoms with Gasteiger partial charge in [0.1, 0.15) is 6.04 Å². The van der Waals surface area contributed by atoms with E-state index in [1.54, 1.807) is 6.07 Å². The van der Waals surface area contributed by atoms with Crippen molar-refractivity contribution in [2.45, 2.75) is 64.5 Å². The molecule has 1 atom stereocenters. The van der Waals surface area contributed by atoms with Crippen LogP contribution in [0.1, 0.15) is 61.9 Å². The normalized spacial score (nSPS) is 20.5. The monoisotopic (exact) mass is 415 g/mol. The summed E-state index contributed by atoms with van der Waals surface area (Å²) in [7, 11) is 0. The number of nitrogens with one attached hydrogen (secondary N) is 2. The van der Waals surface area contributed by atoms with E-state index in [0.29, 0.717) is 12.1 Å². The van der Waals surface area contributed by atoms with Crippen molar-refractivity contribution in [1.82, 2.24) is 15.5 Å². The number of carbonyl (C=O) groups excluding carboxylic acids is 2. The number of hydrogen-bond acceptors (Lipinski definition) is 4. The van der Waals surface area contributed by atoms with E-state index in [4.69, 9.17) is 4.74 Å². The molecule has 2 N–H and O–H groups in total. The third kappa shape index (κ3) is 5.61. The predicted molar refractivity (Wildman–Crippen MR) is 118 cm³/mol. The molecule has 2 aliphatic rings. The number of hydrogen-bond donors (Lipinski definition) is 2. The van der Waals surface area contributed by atoms with Crippen molar-refractivity contribution in [3.63, 3.8) is 0 Å². The zero-order valence-electron chi connectivity index (χ0n) is 18.7. The fourth-order valence-electron chi connectivity index (χ4n) is 4.76. The molecule has 0 spiro atoms. The highest BCUT2D eigenvalue weighted by Crippen LogP contribution is 2.34. The van der Waals surface area contributed by atoms with E-state index in [2.05, 4.69) is 15.5 Å². The Morgan fingerprint density at radius 3 is 2.47 bits per heavy atom. The molecular weight excluding hydrogens is 378 g/mol. The Bertz CT molecular complexity index is 722. The Kier molecular flexibility index (Phi) is 7.89. The van der Waals surface area contributed by atoms with Crippen LogP contribution in [-0.2, 0) is 9.53 Å². The molecule has 1 aliphatic heterocycles. The molecule has 166 valence electrons. The van der Waals surface area contributed by atoms with Crippen molar-refractivity contribution in [3.8, 4) is 0 Å². The van der Waals surface area contributed by atoms with Gasteiger partial charge >= 0.3 is 0 Å². The number of amides is 2. The first kappa shape index (κ1) is 22.8. The second-order valence-electron chi connectivity index (χ2n) is 9.17. The first-order chi connectivity index (χ1) is 14.4. The van der Waals surface area contributed by atoms with Crippen LogP contribution in [0.15, 0.2) is 24.3 Å². The van der Waals surface area contributed by atoms with Crippen LogP contribution in [0.5, 0.6) is 0 Å². The second-order valence-corrected chi connectivity index (χ2v) is 9.17. The molecule has 1 saturated heterocycles. The van der Waals surface area contributed by atoms with E-state index in [0.717, 1.165) is 44.7 Å². The third-order valence-electron chi connectivity index (χ3n) is 6.57. The maximum absolute atomic E-state index is 13.1. The molecule has 30 heavy (non-hydrogen) atoms. The molecule has 2 amide bonds. The average Bonchev–Trinajstić information content (AvgIpc) is 2.76. The van der Waals surface area contributed by atoms with Crippen molar-refractivity contribution in [2.75, 3.05) is 32.8 Å². The standard InChI is InChI=1S/C24H37N3O3/c1-18(2)21(26-22(28)20-9-7-8-19(3)16-20)23(29)25-17-24(10-5-4-6-11-24)27-12-14-30-15-13-27/h7-9,16,18,21H,4-6,10-15,17H2,1-3H3,(H,25,29)(H,26,28). The van der Waals surface area contributed by atoms with Gasteiger partial charge in [0.25, 0.3) is 5.91 Å². The summed E-state index contributed by atoms with van der Waals surface area (Å²) >= 11 is 0. The number of nitrogens with zero attached hydrogens (tertiary/aromatic N) is 1. The van der Waals surface area contributed by atoms with Gasteiger partial charge in [-0.1, -0.05) is 50.8 Å². The predicted octanol–water partition coefficient (Wildman–Crippen LogP) is 2.90. The summed E-state index contributed by atoms with van der Waals surface area (Å²) < 4.78 is 5.55. The smallest absolute Gasteiger partial charge is 0.251 e.